The number of hydrogen-bond acceptors (Lipinski definition) is 4. The molecule has 1 N–H and O–H groups in total. The number of aromatic nitrogens is 1. The topological polar surface area (TPSA) is 51.2 Å². The molecular formula is C7H8N2O2S. The number of cyclic esters (lactones) is 1. The lowest BCUT2D eigenvalue weighted by Gasteiger charge is -2.07. The molecule has 0 unspecified atom stereocenters. The third-order valence-corrected chi connectivity index (χ3v) is 2.61. The van der Waals surface area contributed by atoms with Crippen LogP contribution in [-0.4, -0.2) is 17.2 Å². The van der Waals surface area contributed by atoms with Crippen LogP contribution in [0.5, 0.6) is 0 Å². The lowest BCUT2D eigenvalue weighted by atomic mass is 10.2. The van der Waals surface area contributed by atoms with Crippen LogP contribution in [0.3, 0.4) is 0 Å². The number of alkyl carbamates (subject to hydrolysis) is 1. The second-order valence-electron chi connectivity index (χ2n) is 2.60. The number of rotatable bonds is 1. The van der Waals surface area contributed by atoms with Gasteiger partial charge in [0.1, 0.15) is 17.2 Å². The van der Waals surface area contributed by atoms with E-state index in [0.717, 1.165) is 5.01 Å². The normalized spacial score (nSPS) is 28.2. The molecule has 2 atom stereocenters. The molecule has 2 rings (SSSR count). The van der Waals surface area contributed by atoms with Gasteiger partial charge in [-0.25, -0.2) is 9.78 Å². The van der Waals surface area contributed by atoms with Crippen LogP contribution < -0.4 is 5.32 Å². The van der Waals surface area contributed by atoms with Crippen LogP contribution in [-0.2, 0) is 4.74 Å². The summed E-state index contributed by atoms with van der Waals surface area (Å²) in [5, 5.41) is 5.47. The van der Waals surface area contributed by atoms with Crippen molar-refractivity contribution in [1.82, 2.24) is 10.3 Å². The molecule has 1 aliphatic heterocycles. The average Bonchev–Trinajstić information content (AvgIpc) is 2.58. The van der Waals surface area contributed by atoms with Crippen LogP contribution in [0.1, 0.15) is 18.0 Å². The largest absolute Gasteiger partial charge is 0.444 e. The molecule has 1 aliphatic rings. The fourth-order valence-corrected chi connectivity index (χ4v) is 1.95. The number of ether oxygens (including phenoxy) is 1. The quantitative estimate of drug-likeness (QED) is 0.716. The molecule has 1 amide bonds. The van der Waals surface area contributed by atoms with Crippen LogP contribution in [0.15, 0.2) is 11.6 Å². The maximum absolute atomic E-state index is 10.8. The molecule has 0 radical (unpaired) electrons. The average molecular weight is 184 g/mol. The zero-order valence-corrected chi connectivity index (χ0v) is 7.30. The van der Waals surface area contributed by atoms with Gasteiger partial charge < -0.3 is 10.1 Å². The van der Waals surface area contributed by atoms with Gasteiger partial charge in [0.25, 0.3) is 0 Å². The van der Waals surface area contributed by atoms with Gasteiger partial charge in [0, 0.05) is 11.6 Å². The first-order valence-corrected chi connectivity index (χ1v) is 4.52. The molecule has 0 aliphatic carbocycles. The van der Waals surface area contributed by atoms with Gasteiger partial charge in [0.2, 0.25) is 0 Å². The molecule has 1 aromatic rings. The van der Waals surface area contributed by atoms with E-state index in [4.69, 9.17) is 4.74 Å². The van der Waals surface area contributed by atoms with Crippen molar-refractivity contribution in [3.8, 4) is 0 Å². The molecule has 1 saturated heterocycles. The predicted octanol–water partition coefficient (Wildman–Crippen LogP) is 1.31. The Hall–Kier alpha value is -1.10. The Bertz CT molecular complexity index is 286. The van der Waals surface area contributed by atoms with Crippen molar-refractivity contribution >= 4 is 17.4 Å². The van der Waals surface area contributed by atoms with E-state index in [1.807, 2.05) is 12.3 Å². The summed E-state index contributed by atoms with van der Waals surface area (Å²) in [4.78, 5) is 14.9. The highest BCUT2D eigenvalue weighted by molar-refractivity contribution is 7.09. The minimum atomic E-state index is -0.359. The van der Waals surface area contributed by atoms with Crippen LogP contribution in [0, 0.1) is 0 Å². The summed E-state index contributed by atoms with van der Waals surface area (Å²) < 4.78 is 4.91. The van der Waals surface area contributed by atoms with Crippen molar-refractivity contribution in [2.24, 2.45) is 0 Å². The number of carbonyl (C=O) groups excluding carboxylic acids is 1. The predicted molar refractivity (Wildman–Crippen MR) is 43.9 cm³/mol. The first kappa shape index (κ1) is 7.54. The molecule has 2 heterocycles. The fourth-order valence-electron chi connectivity index (χ4n) is 1.17. The summed E-state index contributed by atoms with van der Waals surface area (Å²) in [6.07, 6.45) is 1.24. The Morgan fingerprint density at radius 3 is 3.08 bits per heavy atom. The Labute approximate surface area is 73.6 Å². The first-order chi connectivity index (χ1) is 5.77. The standard InChI is InChI=1S/C7H8N2O2S/c1-4-5(9-7(10)11-4)6-8-2-3-12-6/h2-5H,1H3,(H,9,10)/t4-,5-/m0/s1. The van der Waals surface area contributed by atoms with Crippen LogP contribution >= 0.6 is 11.3 Å². The second-order valence-corrected chi connectivity index (χ2v) is 3.53. The van der Waals surface area contributed by atoms with Gasteiger partial charge in [0.05, 0.1) is 0 Å². The van der Waals surface area contributed by atoms with E-state index in [1.54, 1.807) is 6.20 Å². The number of nitrogens with zero attached hydrogens (tertiary/aromatic N) is 1. The molecule has 0 spiro atoms. The van der Waals surface area contributed by atoms with Gasteiger partial charge in [-0.2, -0.15) is 0 Å². The van der Waals surface area contributed by atoms with Crippen LogP contribution in [0.2, 0.25) is 0 Å². The van der Waals surface area contributed by atoms with Crippen LogP contribution in [0.25, 0.3) is 0 Å². The maximum Gasteiger partial charge on any atom is 0.408 e. The smallest absolute Gasteiger partial charge is 0.408 e. The zero-order chi connectivity index (χ0) is 8.55. The summed E-state index contributed by atoms with van der Waals surface area (Å²) >= 11 is 1.52. The van der Waals surface area contributed by atoms with Gasteiger partial charge in [-0.3, -0.25) is 0 Å². The molecule has 0 aromatic carbocycles. The Morgan fingerprint density at radius 1 is 1.75 bits per heavy atom. The first-order valence-electron chi connectivity index (χ1n) is 3.64. The lowest BCUT2D eigenvalue weighted by Crippen LogP contribution is -2.20. The minimum absolute atomic E-state index is 0.0718. The highest BCUT2D eigenvalue weighted by Gasteiger charge is 2.33. The minimum Gasteiger partial charge on any atom is -0.444 e. The third kappa shape index (κ3) is 1.16. The van der Waals surface area contributed by atoms with Crippen molar-refractivity contribution in [1.29, 1.82) is 0 Å². The van der Waals surface area contributed by atoms with Crippen molar-refractivity contribution in [2.45, 2.75) is 19.1 Å². The lowest BCUT2D eigenvalue weighted by molar-refractivity contribution is 0.141. The number of nitrogens with one attached hydrogen (secondary N) is 1. The fraction of sp³-hybridized carbons (Fsp3) is 0.429. The molecule has 1 fully saturated rings. The summed E-state index contributed by atoms with van der Waals surface area (Å²) in [6, 6.07) is -0.0718. The van der Waals surface area contributed by atoms with Gasteiger partial charge >= 0.3 is 6.09 Å². The molecular weight excluding hydrogens is 176 g/mol. The summed E-state index contributed by atoms with van der Waals surface area (Å²) in [5.74, 6) is 0. The number of hydrogen-bond donors (Lipinski definition) is 1. The van der Waals surface area contributed by atoms with E-state index >= 15 is 0 Å². The van der Waals surface area contributed by atoms with E-state index < -0.39 is 0 Å². The monoisotopic (exact) mass is 184 g/mol. The van der Waals surface area contributed by atoms with E-state index in [0.29, 0.717) is 0 Å². The van der Waals surface area contributed by atoms with Gasteiger partial charge in [-0.15, -0.1) is 11.3 Å². The maximum atomic E-state index is 10.8. The number of thiazole rings is 1. The third-order valence-electron chi connectivity index (χ3n) is 1.75. The molecule has 12 heavy (non-hydrogen) atoms. The number of amides is 1. The van der Waals surface area contributed by atoms with Crippen molar-refractivity contribution in [3.05, 3.63) is 16.6 Å². The SMILES string of the molecule is C[C@@H]1OC(=O)N[C@@H]1c1nccs1. The highest BCUT2D eigenvalue weighted by Crippen LogP contribution is 2.25. The van der Waals surface area contributed by atoms with Gasteiger partial charge in [-0.05, 0) is 6.92 Å². The Balaban J connectivity index is 2.20. The van der Waals surface area contributed by atoms with E-state index in [2.05, 4.69) is 10.3 Å². The van der Waals surface area contributed by atoms with E-state index in [9.17, 15) is 4.79 Å². The van der Waals surface area contributed by atoms with Gasteiger partial charge in [0.15, 0.2) is 0 Å². The summed E-state index contributed by atoms with van der Waals surface area (Å²) in [6.45, 7) is 1.85. The molecule has 0 saturated carbocycles. The second kappa shape index (κ2) is 2.75. The van der Waals surface area contributed by atoms with Gasteiger partial charge in [-0.1, -0.05) is 0 Å². The van der Waals surface area contributed by atoms with Crippen LogP contribution in [0.4, 0.5) is 4.79 Å². The Kier molecular flexibility index (Phi) is 1.73. The van der Waals surface area contributed by atoms with Crippen molar-refractivity contribution in [3.63, 3.8) is 0 Å². The summed E-state index contributed by atoms with van der Waals surface area (Å²) in [5.41, 5.74) is 0. The van der Waals surface area contributed by atoms with E-state index in [-0.39, 0.29) is 18.2 Å². The zero-order valence-electron chi connectivity index (χ0n) is 6.48. The molecule has 4 nitrogen and oxygen atoms in total. The Morgan fingerprint density at radius 2 is 2.58 bits per heavy atom. The highest BCUT2D eigenvalue weighted by atomic mass is 32.1. The molecule has 64 valence electrons. The van der Waals surface area contributed by atoms with E-state index in [1.165, 1.54) is 11.3 Å². The molecule has 0 bridgehead atoms. The van der Waals surface area contributed by atoms with Crippen molar-refractivity contribution < 1.29 is 9.53 Å². The number of carbonyl (C=O) groups is 1. The molecule has 1 aromatic heterocycles. The summed E-state index contributed by atoms with van der Waals surface area (Å²) in [7, 11) is 0. The molecule has 5 heteroatoms. The van der Waals surface area contributed by atoms with Crippen molar-refractivity contribution in [2.75, 3.05) is 0 Å².